The Labute approximate surface area is 131 Å². The van der Waals surface area contributed by atoms with E-state index in [0.717, 1.165) is 9.86 Å². The third kappa shape index (κ3) is 1.83. The lowest BCUT2D eigenvalue weighted by atomic mass is 10.0. The quantitative estimate of drug-likeness (QED) is 0.692. The highest BCUT2D eigenvalue weighted by Gasteiger charge is 2.35. The summed E-state index contributed by atoms with van der Waals surface area (Å²) in [6.07, 6.45) is -0.376. The Balaban J connectivity index is 1.95. The number of carbonyl (C=O) groups is 1. The van der Waals surface area contributed by atoms with Crippen LogP contribution < -0.4 is 5.56 Å². The van der Waals surface area contributed by atoms with E-state index < -0.39 is 17.7 Å². The molecule has 0 aliphatic carbocycles. The van der Waals surface area contributed by atoms with Gasteiger partial charge in [0.25, 0.3) is 5.56 Å². The summed E-state index contributed by atoms with van der Waals surface area (Å²) in [6.45, 7) is 0.444. The number of likely N-dealkylation sites (tertiary alicyclic amines) is 1. The molecule has 1 atom stereocenters. The summed E-state index contributed by atoms with van der Waals surface area (Å²) in [5.74, 6) is 0.355. The van der Waals surface area contributed by atoms with Crippen molar-refractivity contribution < 1.29 is 14.3 Å². The van der Waals surface area contributed by atoms with Gasteiger partial charge in [0.1, 0.15) is 16.9 Å². The molecule has 112 valence electrons. The van der Waals surface area contributed by atoms with Gasteiger partial charge in [0, 0.05) is 16.4 Å². The largest absolute Gasteiger partial charge is 0.465 e. The average molecular weight is 364 g/mol. The van der Waals surface area contributed by atoms with Gasteiger partial charge in [-0.15, -0.1) is 0 Å². The molecule has 1 fully saturated rings. The number of furan rings is 1. The minimum Gasteiger partial charge on any atom is -0.465 e. The van der Waals surface area contributed by atoms with Crippen molar-refractivity contribution >= 4 is 44.1 Å². The van der Waals surface area contributed by atoms with E-state index in [1.807, 2.05) is 12.1 Å². The summed E-state index contributed by atoms with van der Waals surface area (Å²) >= 11 is 3.38. The number of fused-ring (bicyclic) bond motifs is 3. The number of H-pyrrole nitrogens is 1. The molecule has 0 spiro atoms. The van der Waals surface area contributed by atoms with Gasteiger partial charge in [-0.25, -0.2) is 9.78 Å². The molecule has 0 saturated carbocycles. The van der Waals surface area contributed by atoms with E-state index >= 15 is 0 Å². The van der Waals surface area contributed by atoms with E-state index in [1.54, 1.807) is 6.07 Å². The summed E-state index contributed by atoms with van der Waals surface area (Å²) in [5, 5.41) is 9.82. The van der Waals surface area contributed by atoms with Crippen LogP contribution >= 0.6 is 15.9 Å². The molecule has 0 unspecified atom stereocenters. The molecular weight excluding hydrogens is 354 g/mol. The first-order valence-electron chi connectivity index (χ1n) is 6.66. The summed E-state index contributed by atoms with van der Waals surface area (Å²) in [7, 11) is 0. The Hall–Kier alpha value is -2.35. The van der Waals surface area contributed by atoms with Crippen LogP contribution in [0.1, 0.15) is 18.3 Å². The Morgan fingerprint density at radius 2 is 2.32 bits per heavy atom. The molecule has 2 aromatic heterocycles. The number of benzene rings is 1. The standard InChI is InChI=1S/C14H10BrN3O4/c15-6-1-2-9-7(5-6)10-11(22-9)13(19)17-12(16-10)8-3-4-18(8)14(20)21/h1-2,5,8H,3-4H2,(H,20,21)(H,16,17,19)/t8-/m0/s1. The number of carboxylic acid groups (broad SMARTS) is 1. The average Bonchev–Trinajstić information content (AvgIpc) is 2.76. The van der Waals surface area contributed by atoms with E-state index in [0.29, 0.717) is 29.9 Å². The van der Waals surface area contributed by atoms with Gasteiger partial charge in [0.05, 0.1) is 6.04 Å². The first kappa shape index (κ1) is 13.3. The lowest BCUT2D eigenvalue weighted by Crippen LogP contribution is -2.45. The lowest BCUT2D eigenvalue weighted by molar-refractivity contribution is 0.0714. The number of rotatable bonds is 1. The number of hydrogen-bond donors (Lipinski definition) is 2. The van der Waals surface area contributed by atoms with Crippen LogP contribution in [0.3, 0.4) is 0 Å². The smallest absolute Gasteiger partial charge is 0.407 e. The molecular formula is C14H10BrN3O4. The van der Waals surface area contributed by atoms with Gasteiger partial charge in [0.2, 0.25) is 5.58 Å². The number of hydrogen-bond acceptors (Lipinski definition) is 4. The zero-order valence-electron chi connectivity index (χ0n) is 11.2. The second-order valence-corrected chi connectivity index (χ2v) is 6.07. The molecule has 1 amide bonds. The van der Waals surface area contributed by atoms with Crippen LogP contribution in [0.25, 0.3) is 22.1 Å². The monoisotopic (exact) mass is 363 g/mol. The number of halogens is 1. The van der Waals surface area contributed by atoms with Crippen molar-refractivity contribution in [2.75, 3.05) is 6.54 Å². The highest BCUT2D eigenvalue weighted by molar-refractivity contribution is 9.10. The molecule has 3 heterocycles. The van der Waals surface area contributed by atoms with Crippen LogP contribution in [0.15, 0.2) is 31.9 Å². The van der Waals surface area contributed by atoms with Crippen molar-refractivity contribution in [1.82, 2.24) is 14.9 Å². The predicted molar refractivity (Wildman–Crippen MR) is 81.9 cm³/mol. The summed E-state index contributed by atoms with van der Waals surface area (Å²) in [6, 6.07) is 4.99. The van der Waals surface area contributed by atoms with Gasteiger partial charge in [0.15, 0.2) is 0 Å². The molecule has 0 bridgehead atoms. The number of aromatic nitrogens is 2. The highest BCUT2D eigenvalue weighted by atomic mass is 79.9. The SMILES string of the molecule is O=C(O)N1CC[C@H]1c1nc2c(oc3ccc(Br)cc32)c(=O)[nH]1. The fourth-order valence-corrected chi connectivity index (χ4v) is 3.06. The van der Waals surface area contributed by atoms with Crippen LogP contribution in [-0.2, 0) is 0 Å². The highest BCUT2D eigenvalue weighted by Crippen LogP contribution is 2.33. The van der Waals surface area contributed by atoms with Crippen LogP contribution in [0, 0.1) is 0 Å². The normalized spacial score (nSPS) is 17.9. The molecule has 7 nitrogen and oxygen atoms in total. The van der Waals surface area contributed by atoms with Crippen LogP contribution in [0.4, 0.5) is 4.79 Å². The minimum absolute atomic E-state index is 0.151. The molecule has 8 heteroatoms. The summed E-state index contributed by atoms with van der Waals surface area (Å²) in [5.41, 5.74) is 0.770. The zero-order valence-corrected chi connectivity index (χ0v) is 12.8. The molecule has 3 aromatic rings. The summed E-state index contributed by atoms with van der Waals surface area (Å²) < 4.78 is 6.39. The Kier molecular flexibility index (Phi) is 2.77. The Morgan fingerprint density at radius 3 is 3.00 bits per heavy atom. The summed E-state index contributed by atoms with van der Waals surface area (Å²) in [4.78, 5) is 31.6. The van der Waals surface area contributed by atoms with Crippen molar-refractivity contribution in [1.29, 1.82) is 0 Å². The maximum Gasteiger partial charge on any atom is 0.407 e. The first-order valence-corrected chi connectivity index (χ1v) is 7.45. The molecule has 2 N–H and O–H groups in total. The molecule has 1 saturated heterocycles. The second kappa shape index (κ2) is 4.57. The fourth-order valence-electron chi connectivity index (χ4n) is 2.70. The molecule has 1 aromatic carbocycles. The maximum absolute atomic E-state index is 12.2. The third-order valence-corrected chi connectivity index (χ3v) is 4.38. The van der Waals surface area contributed by atoms with Gasteiger partial charge >= 0.3 is 6.09 Å². The molecule has 4 rings (SSSR count). The fraction of sp³-hybridized carbons (Fsp3) is 0.214. The van der Waals surface area contributed by atoms with Gasteiger partial charge in [-0.05, 0) is 24.6 Å². The number of nitrogens with one attached hydrogen (secondary N) is 1. The maximum atomic E-state index is 12.2. The van der Waals surface area contributed by atoms with Gasteiger partial charge in [-0.2, -0.15) is 0 Å². The van der Waals surface area contributed by atoms with E-state index in [4.69, 9.17) is 9.52 Å². The molecule has 1 aliphatic rings. The number of aromatic amines is 1. The zero-order chi connectivity index (χ0) is 15.4. The first-order chi connectivity index (χ1) is 10.5. The van der Waals surface area contributed by atoms with Crippen molar-refractivity contribution in [2.24, 2.45) is 0 Å². The van der Waals surface area contributed by atoms with Crippen molar-refractivity contribution in [3.05, 3.63) is 38.9 Å². The van der Waals surface area contributed by atoms with Gasteiger partial charge in [-0.1, -0.05) is 15.9 Å². The van der Waals surface area contributed by atoms with Gasteiger partial charge < -0.3 is 14.5 Å². The molecule has 22 heavy (non-hydrogen) atoms. The van der Waals surface area contributed by atoms with Crippen molar-refractivity contribution in [2.45, 2.75) is 12.5 Å². The van der Waals surface area contributed by atoms with E-state index in [2.05, 4.69) is 25.9 Å². The van der Waals surface area contributed by atoms with Crippen molar-refractivity contribution in [3.8, 4) is 0 Å². The van der Waals surface area contributed by atoms with E-state index in [-0.39, 0.29) is 5.58 Å². The van der Waals surface area contributed by atoms with Gasteiger partial charge in [-0.3, -0.25) is 9.69 Å². The molecule has 0 radical (unpaired) electrons. The van der Waals surface area contributed by atoms with Crippen LogP contribution in [0.5, 0.6) is 0 Å². The van der Waals surface area contributed by atoms with Crippen molar-refractivity contribution in [3.63, 3.8) is 0 Å². The third-order valence-electron chi connectivity index (χ3n) is 3.88. The minimum atomic E-state index is -1.02. The number of amides is 1. The number of nitrogens with zero attached hydrogens (tertiary/aromatic N) is 2. The Morgan fingerprint density at radius 1 is 1.50 bits per heavy atom. The Bertz CT molecular complexity index is 977. The lowest BCUT2D eigenvalue weighted by Gasteiger charge is -2.37. The topological polar surface area (TPSA) is 99.4 Å². The van der Waals surface area contributed by atoms with E-state index in [9.17, 15) is 9.59 Å². The second-order valence-electron chi connectivity index (χ2n) is 5.15. The molecule has 1 aliphatic heterocycles. The van der Waals surface area contributed by atoms with Crippen LogP contribution in [0.2, 0.25) is 0 Å². The van der Waals surface area contributed by atoms with Crippen LogP contribution in [-0.4, -0.2) is 32.6 Å². The van der Waals surface area contributed by atoms with E-state index in [1.165, 1.54) is 4.90 Å². The predicted octanol–water partition coefficient (Wildman–Crippen LogP) is 2.86.